The van der Waals surface area contributed by atoms with Crippen LogP contribution in [0.15, 0.2) is 24.3 Å². The Hall–Kier alpha value is -3.96. The molecule has 0 aliphatic heterocycles. The third-order valence-electron chi connectivity index (χ3n) is 3.88. The van der Waals surface area contributed by atoms with Crippen molar-refractivity contribution in [2.75, 3.05) is 0 Å². The molecule has 2 aromatic rings. The molecule has 0 N–H and O–H groups in total. The van der Waals surface area contributed by atoms with Crippen LogP contribution < -0.4 is 0 Å². The van der Waals surface area contributed by atoms with E-state index < -0.39 is 42.4 Å². The Morgan fingerprint density at radius 3 is 1.68 bits per heavy atom. The molecule has 0 spiro atoms. The van der Waals surface area contributed by atoms with Gasteiger partial charge in [0.2, 0.25) is 0 Å². The SMILES string of the molecule is O=[N+]([O-])c1c2c(c([N+](=O)[O-])c([N+](=O)[O-])c1[N+](=O)[O-])-c1ccccc1C2. The second kappa shape index (κ2) is 5.30. The van der Waals surface area contributed by atoms with Gasteiger partial charge in [0.15, 0.2) is 0 Å². The summed E-state index contributed by atoms with van der Waals surface area (Å²) in [5.74, 6) is 0. The minimum atomic E-state index is -1.49. The molecular weight excluding hydrogens is 340 g/mol. The van der Waals surface area contributed by atoms with E-state index in [0.717, 1.165) is 0 Å². The van der Waals surface area contributed by atoms with Gasteiger partial charge in [-0.25, -0.2) is 0 Å². The van der Waals surface area contributed by atoms with Crippen LogP contribution in [0.1, 0.15) is 11.1 Å². The summed E-state index contributed by atoms with van der Waals surface area (Å²) >= 11 is 0. The van der Waals surface area contributed by atoms with E-state index in [1.807, 2.05) is 0 Å². The molecule has 1 aliphatic carbocycles. The van der Waals surface area contributed by atoms with Gasteiger partial charge in [0.1, 0.15) is 0 Å². The molecule has 0 bridgehead atoms. The summed E-state index contributed by atoms with van der Waals surface area (Å²) in [5, 5.41) is 45.4. The summed E-state index contributed by atoms with van der Waals surface area (Å²) in [6.07, 6.45) is -0.165. The van der Waals surface area contributed by atoms with Crippen LogP contribution in [-0.2, 0) is 6.42 Å². The molecular formula is C13H6N4O8. The van der Waals surface area contributed by atoms with Crippen LogP contribution >= 0.6 is 0 Å². The van der Waals surface area contributed by atoms with Gasteiger partial charge in [-0.1, -0.05) is 24.3 Å². The standard InChI is InChI=1S/C13H6N4O8/c18-14(19)10-8-5-6-3-1-2-4-7(6)9(8)11(15(20)21)13(17(24)25)12(10)16(22)23/h1-4H,5H2. The van der Waals surface area contributed by atoms with Crippen molar-refractivity contribution >= 4 is 22.7 Å². The average Bonchev–Trinajstić information content (AvgIpc) is 2.90. The molecule has 0 heterocycles. The normalized spacial score (nSPS) is 11.5. The lowest BCUT2D eigenvalue weighted by atomic mass is 9.99. The zero-order valence-electron chi connectivity index (χ0n) is 12.1. The summed E-state index contributed by atoms with van der Waals surface area (Å²) in [7, 11) is 0. The Kier molecular flexibility index (Phi) is 3.37. The number of hydrogen-bond acceptors (Lipinski definition) is 8. The first-order chi connectivity index (χ1) is 11.8. The van der Waals surface area contributed by atoms with E-state index in [9.17, 15) is 40.5 Å². The number of nitro groups is 4. The Morgan fingerprint density at radius 2 is 1.16 bits per heavy atom. The monoisotopic (exact) mass is 346 g/mol. The summed E-state index contributed by atoms with van der Waals surface area (Å²) in [5.41, 5.74) is -5.08. The Balaban J connectivity index is 2.61. The van der Waals surface area contributed by atoms with Crippen LogP contribution in [0.3, 0.4) is 0 Å². The van der Waals surface area contributed by atoms with E-state index in [4.69, 9.17) is 0 Å². The van der Waals surface area contributed by atoms with Gasteiger partial charge in [-0.15, -0.1) is 0 Å². The predicted molar refractivity (Wildman–Crippen MR) is 81.3 cm³/mol. The lowest BCUT2D eigenvalue weighted by Crippen LogP contribution is -2.08. The largest absolute Gasteiger partial charge is 0.430 e. The van der Waals surface area contributed by atoms with E-state index >= 15 is 0 Å². The minimum absolute atomic E-state index is 0.165. The number of hydrogen-bond donors (Lipinski definition) is 0. The quantitative estimate of drug-likeness (QED) is 0.512. The average molecular weight is 346 g/mol. The van der Waals surface area contributed by atoms with Gasteiger partial charge < -0.3 is 0 Å². The van der Waals surface area contributed by atoms with Crippen molar-refractivity contribution in [1.82, 2.24) is 0 Å². The molecule has 25 heavy (non-hydrogen) atoms. The van der Waals surface area contributed by atoms with Gasteiger partial charge in [0, 0.05) is 6.42 Å². The van der Waals surface area contributed by atoms with Crippen molar-refractivity contribution in [3.8, 4) is 11.1 Å². The second-order valence-electron chi connectivity index (χ2n) is 5.11. The highest BCUT2D eigenvalue weighted by atomic mass is 16.7. The fourth-order valence-corrected chi connectivity index (χ4v) is 3.04. The highest BCUT2D eigenvalue weighted by molar-refractivity contribution is 5.96. The van der Waals surface area contributed by atoms with Crippen molar-refractivity contribution in [3.63, 3.8) is 0 Å². The first kappa shape index (κ1) is 15.9. The van der Waals surface area contributed by atoms with Gasteiger partial charge in [-0.3, -0.25) is 40.5 Å². The number of nitro benzene ring substituents is 4. The number of nitrogens with zero attached hydrogens (tertiary/aromatic N) is 4. The third kappa shape index (κ3) is 2.15. The van der Waals surface area contributed by atoms with Crippen LogP contribution in [0.2, 0.25) is 0 Å². The summed E-state index contributed by atoms with van der Waals surface area (Å²) in [6, 6.07) is 6.07. The van der Waals surface area contributed by atoms with Crippen LogP contribution in [0.4, 0.5) is 22.7 Å². The summed E-state index contributed by atoms with van der Waals surface area (Å²) < 4.78 is 0. The first-order valence-electron chi connectivity index (χ1n) is 6.64. The predicted octanol–water partition coefficient (Wildman–Crippen LogP) is 2.89. The van der Waals surface area contributed by atoms with Crippen LogP contribution in [-0.4, -0.2) is 19.7 Å². The molecule has 0 amide bonds. The van der Waals surface area contributed by atoms with E-state index in [2.05, 4.69) is 0 Å². The molecule has 0 unspecified atom stereocenters. The van der Waals surface area contributed by atoms with E-state index in [1.54, 1.807) is 12.1 Å². The molecule has 0 aromatic heterocycles. The first-order valence-corrected chi connectivity index (χ1v) is 6.64. The molecule has 0 saturated heterocycles. The van der Waals surface area contributed by atoms with Gasteiger partial charge in [0.05, 0.1) is 30.8 Å². The molecule has 12 heteroatoms. The molecule has 0 fully saturated rings. The molecule has 0 atom stereocenters. The van der Waals surface area contributed by atoms with Gasteiger partial charge in [-0.05, 0) is 11.1 Å². The van der Waals surface area contributed by atoms with Crippen LogP contribution in [0.5, 0.6) is 0 Å². The molecule has 0 radical (unpaired) electrons. The van der Waals surface area contributed by atoms with E-state index in [0.29, 0.717) is 5.56 Å². The van der Waals surface area contributed by atoms with Crippen molar-refractivity contribution in [2.45, 2.75) is 6.42 Å². The molecule has 12 nitrogen and oxygen atoms in total. The van der Waals surface area contributed by atoms with Crippen molar-refractivity contribution in [1.29, 1.82) is 0 Å². The highest BCUT2D eigenvalue weighted by Gasteiger charge is 2.51. The maximum Gasteiger partial charge on any atom is 0.430 e. The van der Waals surface area contributed by atoms with Crippen molar-refractivity contribution in [2.24, 2.45) is 0 Å². The Morgan fingerprint density at radius 1 is 0.680 bits per heavy atom. The fraction of sp³-hybridized carbons (Fsp3) is 0.0769. The van der Waals surface area contributed by atoms with Gasteiger partial charge >= 0.3 is 22.7 Å². The van der Waals surface area contributed by atoms with Crippen molar-refractivity contribution in [3.05, 3.63) is 75.8 Å². The topological polar surface area (TPSA) is 173 Å². The molecule has 0 saturated carbocycles. The highest BCUT2D eigenvalue weighted by Crippen LogP contribution is 2.55. The third-order valence-corrected chi connectivity index (χ3v) is 3.88. The molecule has 126 valence electrons. The zero-order chi connectivity index (χ0) is 18.5. The smallest absolute Gasteiger partial charge is 0.258 e. The zero-order valence-corrected chi connectivity index (χ0v) is 12.1. The lowest BCUT2D eigenvalue weighted by molar-refractivity contribution is -0.451. The number of rotatable bonds is 4. The minimum Gasteiger partial charge on any atom is -0.258 e. The van der Waals surface area contributed by atoms with Gasteiger partial charge in [0.25, 0.3) is 0 Å². The molecule has 1 aliphatic rings. The number of fused-ring (bicyclic) bond motifs is 3. The fourth-order valence-electron chi connectivity index (χ4n) is 3.04. The van der Waals surface area contributed by atoms with Gasteiger partial charge in [-0.2, -0.15) is 0 Å². The second-order valence-corrected chi connectivity index (χ2v) is 5.11. The molecule has 3 rings (SSSR count). The van der Waals surface area contributed by atoms with E-state index in [-0.39, 0.29) is 23.1 Å². The van der Waals surface area contributed by atoms with E-state index in [1.165, 1.54) is 12.1 Å². The summed E-state index contributed by atoms with van der Waals surface area (Å²) in [4.78, 5) is 40.6. The number of benzene rings is 2. The van der Waals surface area contributed by atoms with Crippen LogP contribution in [0.25, 0.3) is 11.1 Å². The molecule has 2 aromatic carbocycles. The maximum absolute atomic E-state index is 11.5. The van der Waals surface area contributed by atoms with Crippen LogP contribution in [0, 0.1) is 40.5 Å². The Labute approximate surface area is 136 Å². The Bertz CT molecular complexity index is 1000. The maximum atomic E-state index is 11.5. The lowest BCUT2D eigenvalue weighted by Gasteiger charge is -2.05. The van der Waals surface area contributed by atoms with Crippen molar-refractivity contribution < 1.29 is 19.7 Å². The summed E-state index contributed by atoms with van der Waals surface area (Å²) in [6.45, 7) is 0.